The number of hydrogen-bond acceptors (Lipinski definition) is 2. The van der Waals surface area contributed by atoms with Crippen LogP contribution in [0, 0.1) is 0 Å². The minimum absolute atomic E-state index is 0.101. The van der Waals surface area contributed by atoms with Gasteiger partial charge in [0.2, 0.25) is 0 Å². The average Bonchev–Trinajstić information content (AvgIpc) is 2.82. The largest absolute Gasteiger partial charge is 0.268 e. The van der Waals surface area contributed by atoms with Gasteiger partial charge in [-0.3, -0.25) is 8.75 Å². The Morgan fingerprint density at radius 1 is 0.857 bits per heavy atom. The third kappa shape index (κ3) is 2.16. The van der Waals surface area contributed by atoms with Gasteiger partial charge in [-0.05, 0) is 28.5 Å². The molecule has 0 spiro atoms. The van der Waals surface area contributed by atoms with Crippen molar-refractivity contribution in [3.63, 3.8) is 0 Å². The summed E-state index contributed by atoms with van der Waals surface area (Å²) in [5.41, 5.74) is 1.25. The van der Waals surface area contributed by atoms with Gasteiger partial charge in [0.1, 0.15) is 0 Å². The topological polar surface area (TPSA) is 22.0 Å². The summed E-state index contributed by atoms with van der Waals surface area (Å²) in [5.74, 6) is 0. The predicted octanol–water partition coefficient (Wildman–Crippen LogP) is 4.26. The summed E-state index contributed by atoms with van der Waals surface area (Å²) < 4.78 is 2.88. The van der Waals surface area contributed by atoms with Crippen molar-refractivity contribution in [3.05, 3.63) is 82.6 Å². The molecule has 4 rings (SSSR count). The quantitative estimate of drug-likeness (QED) is 0.541. The molecule has 0 unspecified atom stereocenters. The number of rotatable bonds is 2. The number of aromatic nitrogens is 1. The number of fused-ring (bicyclic) bond motifs is 2. The van der Waals surface area contributed by atoms with E-state index < -0.39 is 0 Å². The van der Waals surface area contributed by atoms with Crippen molar-refractivity contribution in [2.75, 3.05) is 0 Å². The first-order valence-electron chi connectivity index (χ1n) is 6.88. The Balaban J connectivity index is 1.89. The Morgan fingerprint density at radius 3 is 2.29 bits per heavy atom. The molecule has 0 saturated heterocycles. The van der Waals surface area contributed by atoms with Gasteiger partial charge in [0, 0.05) is 0 Å². The first-order chi connectivity index (χ1) is 10.3. The standard InChI is InChI=1S/C18H13NOS/c20-18-16-10-14-8-4-5-9-15(14)11-17(16)21-19(18)12-13-6-2-1-3-7-13/h1-11H,12H2. The fourth-order valence-electron chi connectivity index (χ4n) is 2.61. The zero-order valence-electron chi connectivity index (χ0n) is 11.3. The summed E-state index contributed by atoms with van der Waals surface area (Å²) in [6.45, 7) is 0.634. The second-order valence-electron chi connectivity index (χ2n) is 5.11. The second-order valence-corrected chi connectivity index (χ2v) is 6.18. The Bertz CT molecular complexity index is 982. The zero-order valence-corrected chi connectivity index (χ0v) is 12.1. The van der Waals surface area contributed by atoms with E-state index >= 15 is 0 Å². The third-order valence-electron chi connectivity index (χ3n) is 3.68. The molecule has 0 saturated carbocycles. The van der Waals surface area contributed by atoms with Gasteiger partial charge in [0.15, 0.2) is 0 Å². The molecule has 1 heterocycles. The average molecular weight is 291 g/mol. The first-order valence-corrected chi connectivity index (χ1v) is 7.65. The molecule has 0 aliphatic heterocycles. The van der Waals surface area contributed by atoms with Crippen LogP contribution < -0.4 is 5.56 Å². The molecular formula is C18H13NOS. The van der Waals surface area contributed by atoms with Crippen LogP contribution in [0.25, 0.3) is 20.9 Å². The maximum atomic E-state index is 12.5. The first kappa shape index (κ1) is 12.4. The lowest BCUT2D eigenvalue weighted by atomic mass is 10.1. The highest BCUT2D eigenvalue weighted by molar-refractivity contribution is 7.13. The van der Waals surface area contributed by atoms with E-state index in [1.807, 2.05) is 58.6 Å². The molecule has 0 aliphatic rings. The number of hydrogen-bond donors (Lipinski definition) is 0. The minimum Gasteiger partial charge on any atom is -0.268 e. The van der Waals surface area contributed by atoms with E-state index in [9.17, 15) is 4.79 Å². The van der Waals surface area contributed by atoms with Gasteiger partial charge in [0.05, 0.1) is 16.6 Å². The van der Waals surface area contributed by atoms with Crippen molar-refractivity contribution < 1.29 is 0 Å². The number of benzene rings is 3. The van der Waals surface area contributed by atoms with Gasteiger partial charge >= 0.3 is 0 Å². The van der Waals surface area contributed by atoms with Crippen LogP contribution in [0.5, 0.6) is 0 Å². The predicted molar refractivity (Wildman–Crippen MR) is 89.1 cm³/mol. The van der Waals surface area contributed by atoms with E-state index in [0.717, 1.165) is 21.0 Å². The van der Waals surface area contributed by atoms with Crippen LogP contribution in [-0.4, -0.2) is 3.96 Å². The van der Waals surface area contributed by atoms with Gasteiger partial charge in [-0.2, -0.15) is 0 Å². The van der Waals surface area contributed by atoms with Crippen LogP contribution in [-0.2, 0) is 6.54 Å². The normalized spacial score (nSPS) is 11.2. The zero-order chi connectivity index (χ0) is 14.2. The van der Waals surface area contributed by atoms with E-state index in [1.165, 1.54) is 16.9 Å². The molecule has 3 heteroatoms. The lowest BCUT2D eigenvalue weighted by molar-refractivity contribution is 0.854. The lowest BCUT2D eigenvalue weighted by Gasteiger charge is -1.99. The third-order valence-corrected chi connectivity index (χ3v) is 4.73. The Kier molecular flexibility index (Phi) is 2.86. The smallest absolute Gasteiger partial charge is 0.268 e. The van der Waals surface area contributed by atoms with Crippen LogP contribution >= 0.6 is 11.5 Å². The fourth-order valence-corrected chi connectivity index (χ4v) is 3.67. The maximum absolute atomic E-state index is 12.5. The van der Waals surface area contributed by atoms with Crippen LogP contribution in [0.4, 0.5) is 0 Å². The summed E-state index contributed by atoms with van der Waals surface area (Å²) in [7, 11) is 0. The molecule has 0 fully saturated rings. The Labute approximate surface area is 126 Å². The highest BCUT2D eigenvalue weighted by atomic mass is 32.1. The Hall–Kier alpha value is -2.39. The molecule has 3 aromatic carbocycles. The SMILES string of the molecule is O=c1c2cc3ccccc3cc2sn1Cc1ccccc1. The molecule has 4 aromatic rings. The fraction of sp³-hybridized carbons (Fsp3) is 0.0556. The van der Waals surface area contributed by atoms with Crippen molar-refractivity contribution >= 4 is 32.4 Å². The van der Waals surface area contributed by atoms with Gasteiger partial charge in [-0.1, -0.05) is 66.1 Å². The highest BCUT2D eigenvalue weighted by Crippen LogP contribution is 2.24. The maximum Gasteiger partial charge on any atom is 0.268 e. The van der Waals surface area contributed by atoms with Gasteiger partial charge in [-0.25, -0.2) is 0 Å². The molecule has 0 N–H and O–H groups in total. The minimum atomic E-state index is 0.101. The number of nitrogens with zero attached hydrogens (tertiary/aromatic N) is 1. The van der Waals surface area contributed by atoms with Gasteiger partial charge in [-0.15, -0.1) is 0 Å². The van der Waals surface area contributed by atoms with Crippen LogP contribution in [0.1, 0.15) is 5.56 Å². The summed E-state index contributed by atoms with van der Waals surface area (Å²) in [6.07, 6.45) is 0. The molecule has 0 aliphatic carbocycles. The van der Waals surface area contributed by atoms with Crippen LogP contribution in [0.15, 0.2) is 71.5 Å². The van der Waals surface area contributed by atoms with Crippen molar-refractivity contribution in [1.82, 2.24) is 3.96 Å². The molecule has 21 heavy (non-hydrogen) atoms. The van der Waals surface area contributed by atoms with Crippen molar-refractivity contribution in [2.45, 2.75) is 6.54 Å². The molecule has 0 bridgehead atoms. The highest BCUT2D eigenvalue weighted by Gasteiger charge is 2.09. The van der Waals surface area contributed by atoms with Crippen LogP contribution in [0.3, 0.4) is 0 Å². The molecule has 0 atom stereocenters. The van der Waals surface area contributed by atoms with E-state index in [2.05, 4.69) is 12.1 Å². The molecule has 1 aromatic heterocycles. The molecule has 0 amide bonds. The van der Waals surface area contributed by atoms with Gasteiger partial charge in [0.25, 0.3) is 5.56 Å². The molecule has 0 radical (unpaired) electrons. The van der Waals surface area contributed by atoms with E-state index in [1.54, 1.807) is 0 Å². The molecule has 102 valence electrons. The lowest BCUT2D eigenvalue weighted by Crippen LogP contribution is -2.13. The van der Waals surface area contributed by atoms with Gasteiger partial charge < -0.3 is 0 Å². The monoisotopic (exact) mass is 291 g/mol. The van der Waals surface area contributed by atoms with E-state index in [-0.39, 0.29) is 5.56 Å². The van der Waals surface area contributed by atoms with E-state index in [0.29, 0.717) is 6.54 Å². The van der Waals surface area contributed by atoms with Crippen molar-refractivity contribution in [2.24, 2.45) is 0 Å². The molecule has 2 nitrogen and oxygen atoms in total. The van der Waals surface area contributed by atoms with E-state index in [4.69, 9.17) is 0 Å². The summed E-state index contributed by atoms with van der Waals surface area (Å²) in [5, 5.41) is 3.11. The summed E-state index contributed by atoms with van der Waals surface area (Å²) in [4.78, 5) is 12.5. The van der Waals surface area contributed by atoms with Crippen LogP contribution in [0.2, 0.25) is 0 Å². The second kappa shape index (κ2) is 4.86. The summed E-state index contributed by atoms with van der Waals surface area (Å²) in [6, 6.07) is 22.4. The van der Waals surface area contributed by atoms with Crippen molar-refractivity contribution in [3.8, 4) is 0 Å². The van der Waals surface area contributed by atoms with Crippen molar-refractivity contribution in [1.29, 1.82) is 0 Å². The Morgan fingerprint density at radius 2 is 1.52 bits per heavy atom. The summed E-state index contributed by atoms with van der Waals surface area (Å²) >= 11 is 1.54. The molecular weight excluding hydrogens is 278 g/mol.